The molecule has 0 aliphatic rings. The Labute approximate surface area is 64.8 Å². The topological polar surface area (TPSA) is 9.23 Å². The van der Waals surface area contributed by atoms with Gasteiger partial charge in [-0.15, -0.1) is 0 Å². The Morgan fingerprint density at radius 1 is 1.10 bits per heavy atom. The maximum absolute atomic E-state index is 5.45. The van der Waals surface area contributed by atoms with Crippen LogP contribution in [0.3, 0.4) is 0 Å². The van der Waals surface area contributed by atoms with Crippen LogP contribution in [0.2, 0.25) is 0 Å². The molecule has 0 saturated heterocycles. The number of hydrogen-bond donors (Lipinski definition) is 0. The molecule has 0 saturated carbocycles. The van der Waals surface area contributed by atoms with Gasteiger partial charge in [0.2, 0.25) is 0 Å². The molecule has 10 heavy (non-hydrogen) atoms. The standard InChI is InChI=1S/C9H19O/c1-6-10-9(7(2)3)8(4)5/h7-9H,1,6H2,2-5H3. The van der Waals surface area contributed by atoms with Crippen LogP contribution in [0.15, 0.2) is 0 Å². The summed E-state index contributed by atoms with van der Waals surface area (Å²) in [6, 6.07) is 0. The zero-order chi connectivity index (χ0) is 8.15. The lowest BCUT2D eigenvalue weighted by molar-refractivity contribution is 0.00688. The molecule has 1 heteroatoms. The third kappa shape index (κ3) is 3.21. The van der Waals surface area contributed by atoms with Gasteiger partial charge in [0.25, 0.3) is 0 Å². The van der Waals surface area contributed by atoms with Gasteiger partial charge in [-0.25, -0.2) is 0 Å². The second-order valence-corrected chi connectivity index (χ2v) is 3.32. The Balaban J connectivity index is 3.73. The van der Waals surface area contributed by atoms with Crippen LogP contribution in [-0.2, 0) is 4.74 Å². The second kappa shape index (κ2) is 4.73. The Bertz CT molecular complexity index is 68.8. The van der Waals surface area contributed by atoms with E-state index in [-0.39, 0.29) is 0 Å². The highest BCUT2D eigenvalue weighted by atomic mass is 16.5. The van der Waals surface area contributed by atoms with Crippen LogP contribution in [0, 0.1) is 18.8 Å². The van der Waals surface area contributed by atoms with Crippen molar-refractivity contribution in [1.29, 1.82) is 0 Å². The third-order valence-corrected chi connectivity index (χ3v) is 1.62. The second-order valence-electron chi connectivity index (χ2n) is 3.32. The van der Waals surface area contributed by atoms with Gasteiger partial charge < -0.3 is 4.74 Å². The summed E-state index contributed by atoms with van der Waals surface area (Å²) in [7, 11) is 0. The van der Waals surface area contributed by atoms with Crippen molar-refractivity contribution in [3.8, 4) is 0 Å². The van der Waals surface area contributed by atoms with E-state index in [1.165, 1.54) is 0 Å². The average Bonchev–Trinajstić information content (AvgIpc) is 1.81. The van der Waals surface area contributed by atoms with E-state index in [0.29, 0.717) is 24.5 Å². The average molecular weight is 143 g/mol. The van der Waals surface area contributed by atoms with E-state index < -0.39 is 0 Å². The summed E-state index contributed by atoms with van der Waals surface area (Å²) in [6.45, 7) is 13.0. The molecule has 0 aromatic carbocycles. The van der Waals surface area contributed by atoms with E-state index in [2.05, 4.69) is 34.6 Å². The summed E-state index contributed by atoms with van der Waals surface area (Å²) >= 11 is 0. The quantitative estimate of drug-likeness (QED) is 0.587. The van der Waals surface area contributed by atoms with E-state index in [4.69, 9.17) is 4.74 Å². The zero-order valence-electron chi connectivity index (χ0n) is 7.55. The summed E-state index contributed by atoms with van der Waals surface area (Å²) < 4.78 is 5.45. The lowest BCUT2D eigenvalue weighted by atomic mass is 9.96. The number of hydrogen-bond acceptors (Lipinski definition) is 1. The first-order valence-electron chi connectivity index (χ1n) is 4.00. The normalized spacial score (nSPS) is 12.0. The smallest absolute Gasteiger partial charge is 0.0620 e. The van der Waals surface area contributed by atoms with E-state index in [1.54, 1.807) is 0 Å². The van der Waals surface area contributed by atoms with Gasteiger partial charge in [-0.3, -0.25) is 0 Å². The molecule has 0 atom stereocenters. The van der Waals surface area contributed by atoms with Crippen molar-refractivity contribution in [3.63, 3.8) is 0 Å². The molecule has 0 aromatic rings. The van der Waals surface area contributed by atoms with Gasteiger partial charge in [0, 0.05) is 6.61 Å². The van der Waals surface area contributed by atoms with E-state index >= 15 is 0 Å². The van der Waals surface area contributed by atoms with Crippen molar-refractivity contribution < 1.29 is 4.74 Å². The van der Waals surface area contributed by atoms with Crippen LogP contribution < -0.4 is 0 Å². The molecule has 0 amide bonds. The van der Waals surface area contributed by atoms with Gasteiger partial charge in [-0.05, 0) is 18.8 Å². The van der Waals surface area contributed by atoms with Crippen LogP contribution in [0.25, 0.3) is 0 Å². The fourth-order valence-corrected chi connectivity index (χ4v) is 1.29. The minimum atomic E-state index is 0.373. The largest absolute Gasteiger partial charge is 0.378 e. The molecule has 0 aliphatic carbocycles. The molecular formula is C9H19O. The lowest BCUT2D eigenvalue weighted by Crippen LogP contribution is -2.25. The maximum atomic E-state index is 5.45. The molecule has 0 aliphatic heterocycles. The number of ether oxygens (including phenoxy) is 1. The van der Waals surface area contributed by atoms with E-state index in [9.17, 15) is 0 Å². The summed E-state index contributed by atoms with van der Waals surface area (Å²) in [4.78, 5) is 0. The van der Waals surface area contributed by atoms with Gasteiger partial charge in [0.1, 0.15) is 0 Å². The van der Waals surface area contributed by atoms with Crippen LogP contribution in [0.1, 0.15) is 27.7 Å². The lowest BCUT2D eigenvalue weighted by Gasteiger charge is -2.24. The van der Waals surface area contributed by atoms with E-state index in [1.807, 2.05) is 0 Å². The highest BCUT2D eigenvalue weighted by Crippen LogP contribution is 2.15. The molecule has 1 radical (unpaired) electrons. The van der Waals surface area contributed by atoms with Crippen LogP contribution in [0.4, 0.5) is 0 Å². The zero-order valence-corrected chi connectivity index (χ0v) is 7.55. The van der Waals surface area contributed by atoms with E-state index in [0.717, 1.165) is 0 Å². The minimum Gasteiger partial charge on any atom is -0.378 e. The first kappa shape index (κ1) is 9.96. The predicted molar refractivity (Wildman–Crippen MR) is 44.8 cm³/mol. The molecule has 0 unspecified atom stereocenters. The Kier molecular flexibility index (Phi) is 4.71. The Morgan fingerprint density at radius 3 is 1.60 bits per heavy atom. The van der Waals surface area contributed by atoms with Crippen molar-refractivity contribution in [2.75, 3.05) is 6.61 Å². The van der Waals surface area contributed by atoms with Crippen LogP contribution in [-0.4, -0.2) is 12.7 Å². The summed E-state index contributed by atoms with van der Waals surface area (Å²) in [5, 5.41) is 0. The minimum absolute atomic E-state index is 0.373. The van der Waals surface area contributed by atoms with Gasteiger partial charge in [0.15, 0.2) is 0 Å². The Hall–Kier alpha value is -0.0400. The first-order chi connectivity index (χ1) is 4.59. The molecule has 0 heterocycles. The molecule has 0 aromatic heterocycles. The SMILES string of the molecule is [CH2]COC(C(C)C)C(C)C. The number of rotatable bonds is 4. The van der Waals surface area contributed by atoms with Gasteiger partial charge >= 0.3 is 0 Å². The molecule has 0 N–H and O–H groups in total. The maximum Gasteiger partial charge on any atom is 0.0620 e. The third-order valence-electron chi connectivity index (χ3n) is 1.62. The molecule has 0 bridgehead atoms. The van der Waals surface area contributed by atoms with Crippen molar-refractivity contribution in [2.45, 2.75) is 33.8 Å². The molecule has 0 spiro atoms. The molecule has 0 fully saturated rings. The van der Waals surface area contributed by atoms with Gasteiger partial charge in [-0.2, -0.15) is 0 Å². The summed E-state index contributed by atoms with van der Waals surface area (Å²) in [5.74, 6) is 1.20. The highest BCUT2D eigenvalue weighted by molar-refractivity contribution is 4.66. The summed E-state index contributed by atoms with van der Waals surface area (Å²) in [6.07, 6.45) is 0.373. The van der Waals surface area contributed by atoms with Gasteiger partial charge in [-0.1, -0.05) is 27.7 Å². The highest BCUT2D eigenvalue weighted by Gasteiger charge is 2.16. The molecule has 1 nitrogen and oxygen atoms in total. The Morgan fingerprint density at radius 2 is 1.50 bits per heavy atom. The monoisotopic (exact) mass is 143 g/mol. The fourth-order valence-electron chi connectivity index (χ4n) is 1.29. The van der Waals surface area contributed by atoms with Crippen molar-refractivity contribution in [2.24, 2.45) is 11.8 Å². The van der Waals surface area contributed by atoms with Crippen molar-refractivity contribution in [3.05, 3.63) is 6.92 Å². The fraction of sp³-hybridized carbons (Fsp3) is 0.889. The van der Waals surface area contributed by atoms with Crippen molar-refractivity contribution in [1.82, 2.24) is 0 Å². The molecule has 61 valence electrons. The van der Waals surface area contributed by atoms with Crippen LogP contribution in [0.5, 0.6) is 0 Å². The molecule has 0 rings (SSSR count). The first-order valence-corrected chi connectivity index (χ1v) is 4.00. The predicted octanol–water partition coefficient (Wildman–Crippen LogP) is 2.52. The van der Waals surface area contributed by atoms with Crippen LogP contribution >= 0.6 is 0 Å². The van der Waals surface area contributed by atoms with Crippen molar-refractivity contribution >= 4 is 0 Å². The summed E-state index contributed by atoms with van der Waals surface area (Å²) in [5.41, 5.74) is 0. The van der Waals surface area contributed by atoms with Gasteiger partial charge in [0.05, 0.1) is 6.10 Å². The molecular weight excluding hydrogens is 124 g/mol.